The SMILES string of the molecule is Cc1cc(C)c(C)c(S(=O)(=O)N2C3CCNCC2CC3)c1C. The van der Waals surface area contributed by atoms with Crippen LogP contribution in [0.2, 0.25) is 0 Å². The minimum atomic E-state index is -3.43. The molecule has 0 aliphatic carbocycles. The van der Waals surface area contributed by atoms with Crippen LogP contribution < -0.4 is 5.32 Å². The van der Waals surface area contributed by atoms with Crippen molar-refractivity contribution in [2.75, 3.05) is 13.1 Å². The molecule has 0 aromatic heterocycles. The van der Waals surface area contributed by atoms with E-state index >= 15 is 0 Å². The zero-order valence-electron chi connectivity index (χ0n) is 13.9. The number of rotatable bonds is 2. The molecule has 1 aromatic carbocycles. The molecule has 0 amide bonds. The van der Waals surface area contributed by atoms with Crippen molar-refractivity contribution in [1.29, 1.82) is 0 Å². The molecule has 22 heavy (non-hydrogen) atoms. The molecule has 3 rings (SSSR count). The number of hydrogen-bond donors (Lipinski definition) is 1. The highest BCUT2D eigenvalue weighted by Gasteiger charge is 2.44. The zero-order valence-corrected chi connectivity index (χ0v) is 14.8. The lowest BCUT2D eigenvalue weighted by Crippen LogP contribution is -2.43. The summed E-state index contributed by atoms with van der Waals surface area (Å²) >= 11 is 0. The maximum Gasteiger partial charge on any atom is 0.244 e. The quantitative estimate of drug-likeness (QED) is 0.910. The van der Waals surface area contributed by atoms with Crippen LogP contribution in [0.25, 0.3) is 0 Å². The van der Waals surface area contributed by atoms with E-state index in [-0.39, 0.29) is 12.1 Å². The van der Waals surface area contributed by atoms with Crippen molar-refractivity contribution in [2.24, 2.45) is 0 Å². The van der Waals surface area contributed by atoms with Gasteiger partial charge >= 0.3 is 0 Å². The van der Waals surface area contributed by atoms with E-state index in [9.17, 15) is 8.42 Å². The smallest absolute Gasteiger partial charge is 0.244 e. The van der Waals surface area contributed by atoms with E-state index in [0.717, 1.165) is 54.6 Å². The van der Waals surface area contributed by atoms with Crippen LogP contribution in [0.4, 0.5) is 0 Å². The van der Waals surface area contributed by atoms with E-state index in [0.29, 0.717) is 4.90 Å². The van der Waals surface area contributed by atoms with Crippen molar-refractivity contribution in [3.8, 4) is 0 Å². The van der Waals surface area contributed by atoms with Crippen molar-refractivity contribution in [3.05, 3.63) is 28.3 Å². The van der Waals surface area contributed by atoms with Gasteiger partial charge in [0.1, 0.15) is 0 Å². The monoisotopic (exact) mass is 322 g/mol. The molecule has 2 aliphatic rings. The Kier molecular flexibility index (Phi) is 4.08. The third-order valence-electron chi connectivity index (χ3n) is 5.42. The first-order chi connectivity index (χ1) is 10.3. The van der Waals surface area contributed by atoms with Crippen molar-refractivity contribution >= 4 is 10.0 Å². The Morgan fingerprint density at radius 2 is 1.59 bits per heavy atom. The largest absolute Gasteiger partial charge is 0.315 e. The second-order valence-corrected chi connectivity index (χ2v) is 8.58. The summed E-state index contributed by atoms with van der Waals surface area (Å²) in [6.45, 7) is 9.56. The third kappa shape index (κ3) is 2.39. The molecule has 2 atom stereocenters. The normalized spacial score (nSPS) is 26.2. The summed E-state index contributed by atoms with van der Waals surface area (Å²) in [5.41, 5.74) is 3.92. The lowest BCUT2D eigenvalue weighted by atomic mass is 10.0. The minimum Gasteiger partial charge on any atom is -0.315 e. The second-order valence-electron chi connectivity index (χ2n) is 6.80. The van der Waals surface area contributed by atoms with Crippen molar-refractivity contribution < 1.29 is 8.42 Å². The van der Waals surface area contributed by atoms with Crippen molar-refractivity contribution in [3.63, 3.8) is 0 Å². The molecule has 0 spiro atoms. The molecular formula is C17H26N2O2S. The lowest BCUT2D eigenvalue weighted by molar-refractivity contribution is 0.334. The lowest BCUT2D eigenvalue weighted by Gasteiger charge is -2.29. The molecule has 122 valence electrons. The second kappa shape index (κ2) is 5.62. The maximum absolute atomic E-state index is 13.4. The third-order valence-corrected chi connectivity index (χ3v) is 7.70. The van der Waals surface area contributed by atoms with E-state index in [1.807, 2.05) is 32.0 Å². The Hall–Kier alpha value is -0.910. The molecular weight excluding hydrogens is 296 g/mol. The number of aryl methyl sites for hydroxylation is 2. The van der Waals surface area contributed by atoms with Gasteiger partial charge in [-0.25, -0.2) is 8.42 Å². The first kappa shape index (κ1) is 16.0. The van der Waals surface area contributed by atoms with Crippen LogP contribution in [0, 0.1) is 27.7 Å². The fourth-order valence-electron chi connectivity index (χ4n) is 4.00. The molecule has 4 nitrogen and oxygen atoms in total. The Labute approximate surface area is 134 Å². The number of nitrogens with one attached hydrogen (secondary N) is 1. The summed E-state index contributed by atoms with van der Waals surface area (Å²) < 4.78 is 28.7. The van der Waals surface area contributed by atoms with Gasteiger partial charge in [0.25, 0.3) is 0 Å². The molecule has 0 saturated carbocycles. The van der Waals surface area contributed by atoms with Crippen molar-refractivity contribution in [2.45, 2.75) is 63.9 Å². The number of sulfonamides is 1. The Bertz CT molecular complexity index is 657. The molecule has 2 heterocycles. The van der Waals surface area contributed by atoms with E-state index in [1.54, 1.807) is 0 Å². The van der Waals surface area contributed by atoms with Crippen LogP contribution in [0.5, 0.6) is 0 Å². The fourth-order valence-corrected chi connectivity index (χ4v) is 6.49. The summed E-state index contributed by atoms with van der Waals surface area (Å²) in [6, 6.07) is 2.35. The molecule has 1 N–H and O–H groups in total. The topological polar surface area (TPSA) is 49.4 Å². The number of fused-ring (bicyclic) bond motifs is 2. The number of hydrogen-bond acceptors (Lipinski definition) is 3. The summed E-state index contributed by atoms with van der Waals surface area (Å²) in [5, 5.41) is 3.38. The van der Waals surface area contributed by atoms with Crippen LogP contribution in [0.3, 0.4) is 0 Å². The van der Waals surface area contributed by atoms with E-state index in [2.05, 4.69) is 11.4 Å². The molecule has 2 unspecified atom stereocenters. The van der Waals surface area contributed by atoms with Gasteiger partial charge in [0, 0.05) is 18.6 Å². The molecule has 2 saturated heterocycles. The number of benzene rings is 1. The fraction of sp³-hybridized carbons (Fsp3) is 0.647. The van der Waals surface area contributed by atoms with Crippen LogP contribution in [0.1, 0.15) is 41.5 Å². The average molecular weight is 322 g/mol. The summed E-state index contributed by atoms with van der Waals surface area (Å²) in [4.78, 5) is 0.545. The standard InChI is InChI=1S/C17H26N2O2S/c1-11-9-12(2)14(4)17(13(11)3)22(20,21)19-15-5-6-16(19)10-18-8-7-15/h9,15-16,18H,5-8,10H2,1-4H3. The minimum absolute atomic E-state index is 0.108. The highest BCUT2D eigenvalue weighted by Crippen LogP contribution is 2.37. The van der Waals surface area contributed by atoms with E-state index in [1.165, 1.54) is 0 Å². The van der Waals surface area contributed by atoms with Crippen molar-refractivity contribution in [1.82, 2.24) is 9.62 Å². The highest BCUT2D eigenvalue weighted by atomic mass is 32.2. The molecule has 1 aromatic rings. The average Bonchev–Trinajstić information content (AvgIpc) is 2.70. The Morgan fingerprint density at radius 1 is 1.00 bits per heavy atom. The van der Waals surface area contributed by atoms with Gasteiger partial charge < -0.3 is 5.32 Å². The first-order valence-corrected chi connectivity index (χ1v) is 9.59. The number of nitrogens with zero attached hydrogens (tertiary/aromatic N) is 1. The van der Waals surface area contributed by atoms with Gasteiger partial charge in [0.05, 0.1) is 4.90 Å². The Balaban J connectivity index is 2.15. The van der Waals surface area contributed by atoms with E-state index < -0.39 is 10.0 Å². The van der Waals surface area contributed by atoms with Crippen LogP contribution in [0.15, 0.2) is 11.0 Å². The molecule has 5 heteroatoms. The highest BCUT2D eigenvalue weighted by molar-refractivity contribution is 7.89. The summed E-state index contributed by atoms with van der Waals surface area (Å²) in [6.07, 6.45) is 2.88. The van der Waals surface area contributed by atoms with Gasteiger partial charge in [-0.2, -0.15) is 4.31 Å². The molecule has 2 fully saturated rings. The molecule has 0 radical (unpaired) electrons. The van der Waals surface area contributed by atoms with Gasteiger partial charge in [-0.15, -0.1) is 0 Å². The Morgan fingerprint density at radius 3 is 2.23 bits per heavy atom. The summed E-state index contributed by atoms with van der Waals surface area (Å²) in [5.74, 6) is 0. The predicted octanol–water partition coefficient (Wildman–Crippen LogP) is 2.44. The van der Waals surface area contributed by atoms with Gasteiger partial charge in [0.2, 0.25) is 10.0 Å². The van der Waals surface area contributed by atoms with Gasteiger partial charge in [0.15, 0.2) is 0 Å². The molecule has 2 bridgehead atoms. The molecule has 2 aliphatic heterocycles. The van der Waals surface area contributed by atoms with E-state index in [4.69, 9.17) is 0 Å². The predicted molar refractivity (Wildman–Crippen MR) is 88.7 cm³/mol. The van der Waals surface area contributed by atoms with Crippen LogP contribution >= 0.6 is 0 Å². The maximum atomic E-state index is 13.4. The van der Waals surface area contributed by atoms with Gasteiger partial charge in [-0.1, -0.05) is 6.07 Å². The van der Waals surface area contributed by atoms with Gasteiger partial charge in [-0.05, 0) is 75.8 Å². The van der Waals surface area contributed by atoms with Gasteiger partial charge in [-0.3, -0.25) is 0 Å². The first-order valence-electron chi connectivity index (χ1n) is 8.15. The zero-order chi connectivity index (χ0) is 16.1. The van der Waals surface area contributed by atoms with Crippen LogP contribution in [-0.2, 0) is 10.0 Å². The van der Waals surface area contributed by atoms with Crippen LogP contribution in [-0.4, -0.2) is 37.9 Å². The summed E-state index contributed by atoms with van der Waals surface area (Å²) in [7, 11) is -3.43.